The summed E-state index contributed by atoms with van der Waals surface area (Å²) in [6.45, 7) is 7.18. The molecule has 1 aliphatic rings. The molecule has 0 radical (unpaired) electrons. The molecular formula is C17H23ClN4O2. The molecule has 0 bridgehead atoms. The van der Waals surface area contributed by atoms with Gasteiger partial charge in [0.2, 0.25) is 0 Å². The zero-order chi connectivity index (χ0) is 16.9. The van der Waals surface area contributed by atoms with Gasteiger partial charge in [-0.15, -0.1) is 0 Å². The highest BCUT2D eigenvalue weighted by molar-refractivity contribution is 6.30. The first-order chi connectivity index (χ1) is 11.7. The molecule has 1 amide bonds. The number of hydrogen-bond donors (Lipinski definition) is 1. The molecule has 0 atom stereocenters. The van der Waals surface area contributed by atoms with Gasteiger partial charge in [-0.3, -0.25) is 14.1 Å². The summed E-state index contributed by atoms with van der Waals surface area (Å²) in [4.78, 5) is 19.5. The first kappa shape index (κ1) is 17.2. The molecule has 1 fully saturated rings. The van der Waals surface area contributed by atoms with Crippen molar-refractivity contribution >= 4 is 23.2 Å². The third kappa shape index (κ3) is 3.88. The lowest BCUT2D eigenvalue weighted by atomic mass is 10.2. The number of aryl methyl sites for hydroxylation is 1. The Morgan fingerprint density at radius 2 is 2.21 bits per heavy atom. The van der Waals surface area contributed by atoms with Crippen LogP contribution in [0.1, 0.15) is 29.5 Å². The second kappa shape index (κ2) is 7.96. The number of aromatic nitrogens is 2. The number of halogens is 1. The predicted octanol–water partition coefficient (Wildman–Crippen LogP) is 2.00. The number of hydrogen-bond acceptors (Lipinski definition) is 4. The van der Waals surface area contributed by atoms with Gasteiger partial charge in [0.15, 0.2) is 0 Å². The number of carbonyl (C=O) groups excluding carboxylic acids is 1. The van der Waals surface area contributed by atoms with E-state index in [-0.39, 0.29) is 5.91 Å². The predicted molar refractivity (Wildman–Crippen MR) is 93.8 cm³/mol. The number of ether oxygens (including phenoxy) is 1. The molecule has 24 heavy (non-hydrogen) atoms. The lowest BCUT2D eigenvalue weighted by Gasteiger charge is -2.26. The van der Waals surface area contributed by atoms with Crippen molar-refractivity contribution in [2.45, 2.75) is 19.8 Å². The van der Waals surface area contributed by atoms with Crippen molar-refractivity contribution in [2.75, 3.05) is 39.4 Å². The molecule has 1 N–H and O–H groups in total. The number of nitrogens with one attached hydrogen (secondary N) is 1. The summed E-state index contributed by atoms with van der Waals surface area (Å²) >= 11 is 6.01. The molecule has 0 saturated carbocycles. The first-order valence-electron chi connectivity index (χ1n) is 8.44. The van der Waals surface area contributed by atoms with E-state index in [9.17, 15) is 4.79 Å². The van der Waals surface area contributed by atoms with Gasteiger partial charge in [-0.25, -0.2) is 4.98 Å². The van der Waals surface area contributed by atoms with Crippen LogP contribution in [0.5, 0.6) is 0 Å². The molecule has 7 heteroatoms. The third-order valence-corrected chi connectivity index (χ3v) is 4.49. The van der Waals surface area contributed by atoms with Crippen LogP contribution in [0.3, 0.4) is 0 Å². The van der Waals surface area contributed by atoms with Crippen molar-refractivity contribution in [1.29, 1.82) is 0 Å². The number of imidazole rings is 1. The maximum absolute atomic E-state index is 12.6. The van der Waals surface area contributed by atoms with Gasteiger partial charge in [0.05, 0.1) is 18.9 Å². The van der Waals surface area contributed by atoms with Crippen LogP contribution in [0.4, 0.5) is 0 Å². The minimum absolute atomic E-state index is 0.0800. The van der Waals surface area contributed by atoms with Gasteiger partial charge in [-0.05, 0) is 25.5 Å². The Balaban J connectivity index is 1.61. The van der Waals surface area contributed by atoms with Gasteiger partial charge in [0.1, 0.15) is 11.3 Å². The molecule has 130 valence electrons. The lowest BCUT2D eigenvalue weighted by molar-refractivity contribution is 0.0374. The first-order valence-corrected chi connectivity index (χ1v) is 8.81. The molecule has 0 aliphatic carbocycles. The number of pyridine rings is 1. The van der Waals surface area contributed by atoms with Gasteiger partial charge >= 0.3 is 0 Å². The van der Waals surface area contributed by atoms with Crippen molar-refractivity contribution < 1.29 is 9.53 Å². The lowest BCUT2D eigenvalue weighted by Crippen LogP contribution is -2.38. The maximum atomic E-state index is 12.6. The van der Waals surface area contributed by atoms with Crippen molar-refractivity contribution in [3.63, 3.8) is 0 Å². The largest absolute Gasteiger partial charge is 0.379 e. The van der Waals surface area contributed by atoms with Crippen LogP contribution >= 0.6 is 11.6 Å². The Labute approximate surface area is 146 Å². The number of rotatable bonds is 6. The number of carbonyl (C=O) groups is 1. The van der Waals surface area contributed by atoms with E-state index in [1.54, 1.807) is 18.3 Å². The highest BCUT2D eigenvalue weighted by Gasteiger charge is 2.18. The molecule has 0 aromatic carbocycles. The van der Waals surface area contributed by atoms with Crippen LogP contribution in [-0.4, -0.2) is 59.6 Å². The second-order valence-electron chi connectivity index (χ2n) is 5.90. The molecule has 2 aromatic rings. The molecule has 0 unspecified atom stereocenters. The minimum atomic E-state index is -0.0800. The van der Waals surface area contributed by atoms with Crippen molar-refractivity contribution in [3.8, 4) is 0 Å². The fourth-order valence-corrected chi connectivity index (χ4v) is 3.12. The summed E-state index contributed by atoms with van der Waals surface area (Å²) in [6, 6.07) is 3.54. The van der Waals surface area contributed by atoms with E-state index in [0.29, 0.717) is 29.3 Å². The van der Waals surface area contributed by atoms with Gasteiger partial charge in [-0.2, -0.15) is 0 Å². The smallest absolute Gasteiger partial charge is 0.270 e. The fourth-order valence-electron chi connectivity index (χ4n) is 2.97. The van der Waals surface area contributed by atoms with Gasteiger partial charge in [0, 0.05) is 36.9 Å². The normalized spacial score (nSPS) is 15.8. The summed E-state index contributed by atoms with van der Waals surface area (Å²) < 4.78 is 7.15. The average molecular weight is 351 g/mol. The SMILES string of the molecule is CCc1nc2cc(Cl)ccn2c1C(=O)NCCCN1CCOCC1. The molecule has 0 spiro atoms. The quantitative estimate of drug-likeness (QED) is 0.810. The van der Waals surface area contributed by atoms with Crippen molar-refractivity contribution in [3.05, 3.63) is 34.7 Å². The molecule has 3 rings (SSSR count). The molecular weight excluding hydrogens is 328 g/mol. The van der Waals surface area contributed by atoms with E-state index in [1.807, 2.05) is 11.3 Å². The molecule has 2 aromatic heterocycles. The zero-order valence-corrected chi connectivity index (χ0v) is 14.7. The highest BCUT2D eigenvalue weighted by atomic mass is 35.5. The number of fused-ring (bicyclic) bond motifs is 1. The van der Waals surface area contributed by atoms with Gasteiger partial charge in [0.25, 0.3) is 5.91 Å². The summed E-state index contributed by atoms with van der Waals surface area (Å²) in [5.41, 5.74) is 2.11. The Kier molecular flexibility index (Phi) is 5.71. The van der Waals surface area contributed by atoms with Crippen LogP contribution in [0.15, 0.2) is 18.3 Å². The van der Waals surface area contributed by atoms with Gasteiger partial charge in [-0.1, -0.05) is 18.5 Å². The number of amides is 1. The number of nitrogens with zero attached hydrogens (tertiary/aromatic N) is 3. The third-order valence-electron chi connectivity index (χ3n) is 4.25. The van der Waals surface area contributed by atoms with Crippen LogP contribution < -0.4 is 5.32 Å². The molecule has 3 heterocycles. The highest BCUT2D eigenvalue weighted by Crippen LogP contribution is 2.17. The van der Waals surface area contributed by atoms with Crippen LogP contribution in [-0.2, 0) is 11.2 Å². The Hall–Kier alpha value is -1.63. The van der Waals surface area contributed by atoms with E-state index in [0.717, 1.165) is 45.0 Å². The molecule has 6 nitrogen and oxygen atoms in total. The van der Waals surface area contributed by atoms with Crippen LogP contribution in [0.2, 0.25) is 5.02 Å². The molecule has 1 aliphatic heterocycles. The Morgan fingerprint density at radius 3 is 2.96 bits per heavy atom. The summed E-state index contributed by atoms with van der Waals surface area (Å²) in [7, 11) is 0. The summed E-state index contributed by atoms with van der Waals surface area (Å²) in [6.07, 6.45) is 3.43. The monoisotopic (exact) mass is 350 g/mol. The molecule has 1 saturated heterocycles. The van der Waals surface area contributed by atoms with E-state index in [2.05, 4.69) is 15.2 Å². The fraction of sp³-hybridized carbons (Fsp3) is 0.529. The standard InChI is InChI=1S/C17H23ClN4O2/c1-2-14-16(22-7-4-13(18)12-15(22)20-14)17(23)19-5-3-6-21-8-10-24-11-9-21/h4,7,12H,2-3,5-6,8-11H2,1H3,(H,19,23). The maximum Gasteiger partial charge on any atom is 0.270 e. The van der Waals surface area contributed by atoms with E-state index < -0.39 is 0 Å². The topological polar surface area (TPSA) is 58.9 Å². The van der Waals surface area contributed by atoms with Crippen molar-refractivity contribution in [2.24, 2.45) is 0 Å². The Bertz CT molecular complexity index is 710. The van der Waals surface area contributed by atoms with E-state index >= 15 is 0 Å². The summed E-state index contributed by atoms with van der Waals surface area (Å²) in [5, 5.41) is 3.63. The average Bonchev–Trinajstić information content (AvgIpc) is 2.97. The van der Waals surface area contributed by atoms with E-state index in [4.69, 9.17) is 16.3 Å². The van der Waals surface area contributed by atoms with Gasteiger partial charge < -0.3 is 10.1 Å². The minimum Gasteiger partial charge on any atom is -0.379 e. The Morgan fingerprint density at radius 1 is 1.42 bits per heavy atom. The summed E-state index contributed by atoms with van der Waals surface area (Å²) in [5.74, 6) is -0.0800. The van der Waals surface area contributed by atoms with E-state index in [1.165, 1.54) is 0 Å². The van der Waals surface area contributed by atoms with Crippen LogP contribution in [0.25, 0.3) is 5.65 Å². The zero-order valence-electron chi connectivity index (χ0n) is 13.9. The number of morpholine rings is 1. The second-order valence-corrected chi connectivity index (χ2v) is 6.33. The van der Waals surface area contributed by atoms with Crippen molar-refractivity contribution in [1.82, 2.24) is 19.6 Å². The van der Waals surface area contributed by atoms with Crippen LogP contribution in [0, 0.1) is 0 Å².